The highest BCUT2D eigenvalue weighted by molar-refractivity contribution is 6.08. The molecule has 1 N–H and O–H groups in total. The van der Waals surface area contributed by atoms with Crippen molar-refractivity contribution in [2.45, 2.75) is 71.4 Å². The van der Waals surface area contributed by atoms with Gasteiger partial charge in [0.2, 0.25) is 5.91 Å². The molecule has 4 rings (SSSR count). The molecular formula is C29H36N2O5. The van der Waals surface area contributed by atoms with E-state index in [0.717, 1.165) is 24.1 Å². The third-order valence-electron chi connectivity index (χ3n) is 7.53. The van der Waals surface area contributed by atoms with Crippen molar-refractivity contribution in [2.75, 3.05) is 18.1 Å². The molecule has 0 unspecified atom stereocenters. The summed E-state index contributed by atoms with van der Waals surface area (Å²) in [6.45, 7) is 7.98. The van der Waals surface area contributed by atoms with E-state index in [2.05, 4.69) is 0 Å². The van der Waals surface area contributed by atoms with Gasteiger partial charge in [-0.2, -0.15) is 0 Å². The molecule has 2 aromatic rings. The van der Waals surface area contributed by atoms with E-state index in [9.17, 15) is 19.5 Å². The highest BCUT2D eigenvalue weighted by atomic mass is 16.5. The molecule has 0 bridgehead atoms. The number of ether oxygens (including phenoxy) is 1. The fourth-order valence-electron chi connectivity index (χ4n) is 5.01. The fraction of sp³-hybridized carbons (Fsp3) is 0.483. The molecule has 0 saturated heterocycles. The number of amides is 2. The van der Waals surface area contributed by atoms with Gasteiger partial charge >= 0.3 is 5.97 Å². The molecular weight excluding hydrogens is 456 g/mol. The van der Waals surface area contributed by atoms with Gasteiger partial charge in [0.05, 0.1) is 11.3 Å². The molecule has 0 aromatic heterocycles. The fourth-order valence-corrected chi connectivity index (χ4v) is 5.01. The molecule has 192 valence electrons. The molecule has 1 fully saturated rings. The normalized spacial score (nSPS) is 19.7. The lowest BCUT2D eigenvalue weighted by Crippen LogP contribution is -2.50. The predicted octanol–water partition coefficient (Wildman–Crippen LogP) is 5.10. The quantitative estimate of drug-likeness (QED) is 0.554. The van der Waals surface area contributed by atoms with Crippen LogP contribution in [0.4, 0.5) is 5.69 Å². The van der Waals surface area contributed by atoms with Crippen LogP contribution < -0.4 is 9.64 Å². The second-order valence-electron chi connectivity index (χ2n) is 10.6. The first-order chi connectivity index (χ1) is 17.1. The van der Waals surface area contributed by atoms with Crippen molar-refractivity contribution < 1.29 is 24.2 Å². The second-order valence-corrected chi connectivity index (χ2v) is 10.6. The number of carbonyl (C=O) groups excluding carboxylic acids is 2. The summed E-state index contributed by atoms with van der Waals surface area (Å²) in [7, 11) is 0. The van der Waals surface area contributed by atoms with E-state index >= 15 is 0 Å². The average molecular weight is 493 g/mol. The van der Waals surface area contributed by atoms with E-state index in [1.54, 1.807) is 43.0 Å². The number of hydrogen-bond acceptors (Lipinski definition) is 4. The number of anilines is 1. The molecule has 0 spiro atoms. The van der Waals surface area contributed by atoms with Crippen LogP contribution >= 0.6 is 0 Å². The molecule has 7 nitrogen and oxygen atoms in total. The summed E-state index contributed by atoms with van der Waals surface area (Å²) in [5.41, 5.74) is 1.19. The number of carboxylic acids is 1. The molecule has 2 atom stereocenters. The molecule has 7 heteroatoms. The number of likely N-dealkylation sites (N-methyl/N-ethyl adjacent to an activating group) is 1. The van der Waals surface area contributed by atoms with Crippen LogP contribution in [0, 0.1) is 5.41 Å². The Morgan fingerprint density at radius 1 is 1.08 bits per heavy atom. The van der Waals surface area contributed by atoms with Crippen LogP contribution in [-0.4, -0.2) is 53.0 Å². The van der Waals surface area contributed by atoms with E-state index in [0.29, 0.717) is 30.3 Å². The lowest BCUT2D eigenvalue weighted by atomic mass is 9.83. The number of para-hydroxylation sites is 1. The van der Waals surface area contributed by atoms with E-state index in [1.165, 1.54) is 6.42 Å². The minimum absolute atomic E-state index is 0.0250. The van der Waals surface area contributed by atoms with Crippen LogP contribution in [0.1, 0.15) is 75.2 Å². The Morgan fingerprint density at radius 3 is 2.33 bits per heavy atom. The summed E-state index contributed by atoms with van der Waals surface area (Å²) in [6.07, 6.45) is 3.90. The Kier molecular flexibility index (Phi) is 7.38. The monoisotopic (exact) mass is 492 g/mol. The highest BCUT2D eigenvalue weighted by Gasteiger charge is 2.40. The largest absolute Gasteiger partial charge is 0.492 e. The van der Waals surface area contributed by atoms with Gasteiger partial charge < -0.3 is 19.6 Å². The first-order valence-electron chi connectivity index (χ1n) is 12.8. The smallest absolute Gasteiger partial charge is 0.312 e. The van der Waals surface area contributed by atoms with Crippen molar-refractivity contribution in [2.24, 2.45) is 5.41 Å². The van der Waals surface area contributed by atoms with Crippen molar-refractivity contribution in [3.63, 3.8) is 0 Å². The standard InChI is InChI=1S/C29H36N2O5/c1-5-30(21-9-8-10-21)27(33)24-17-19(2)31(25-12-7-6-11-23(24)25)26(32)20-13-15-22(16-14-20)36-18-29(3,4)28(34)35/h6-7,11-16,19,21,24H,5,8-10,17-18H2,1-4H3,(H,34,35)/t19-,24+/m0/s1. The van der Waals surface area contributed by atoms with Crippen LogP contribution in [0.2, 0.25) is 0 Å². The zero-order valence-electron chi connectivity index (χ0n) is 21.6. The average Bonchev–Trinajstić information content (AvgIpc) is 2.83. The van der Waals surface area contributed by atoms with Crippen LogP contribution in [0.25, 0.3) is 0 Å². The highest BCUT2D eigenvalue weighted by Crippen LogP contribution is 2.41. The Labute approximate surface area is 213 Å². The summed E-state index contributed by atoms with van der Waals surface area (Å²) in [6, 6.07) is 14.7. The SMILES string of the molecule is CCN(C(=O)[C@@H]1C[C@H](C)N(C(=O)c2ccc(OCC(C)(C)C(=O)O)cc2)c2ccccc21)C1CCC1. The van der Waals surface area contributed by atoms with Gasteiger partial charge in [-0.3, -0.25) is 14.4 Å². The first kappa shape index (κ1) is 25.7. The minimum Gasteiger partial charge on any atom is -0.492 e. The predicted molar refractivity (Wildman–Crippen MR) is 138 cm³/mol. The van der Waals surface area contributed by atoms with Crippen molar-refractivity contribution in [1.82, 2.24) is 4.90 Å². The van der Waals surface area contributed by atoms with Gasteiger partial charge in [-0.25, -0.2) is 0 Å². The zero-order chi connectivity index (χ0) is 26.0. The number of nitrogens with zero attached hydrogens (tertiary/aromatic N) is 2. The number of aliphatic carboxylic acids is 1. The van der Waals surface area contributed by atoms with Gasteiger partial charge in [-0.05, 0) is 89.3 Å². The lowest BCUT2D eigenvalue weighted by molar-refractivity contribution is -0.148. The molecule has 1 aliphatic carbocycles. The second kappa shape index (κ2) is 10.3. The lowest BCUT2D eigenvalue weighted by Gasteiger charge is -2.43. The third-order valence-corrected chi connectivity index (χ3v) is 7.53. The summed E-state index contributed by atoms with van der Waals surface area (Å²) in [5, 5.41) is 9.27. The molecule has 1 heterocycles. The maximum absolute atomic E-state index is 13.6. The maximum Gasteiger partial charge on any atom is 0.312 e. The van der Waals surface area contributed by atoms with Crippen LogP contribution in [0.5, 0.6) is 5.75 Å². The Balaban J connectivity index is 1.54. The Bertz CT molecular complexity index is 1120. The number of fused-ring (bicyclic) bond motifs is 1. The van der Waals surface area contributed by atoms with Crippen LogP contribution in [-0.2, 0) is 9.59 Å². The van der Waals surface area contributed by atoms with E-state index in [4.69, 9.17) is 4.74 Å². The van der Waals surface area contributed by atoms with Gasteiger partial charge in [0, 0.05) is 29.9 Å². The molecule has 1 aliphatic heterocycles. The van der Waals surface area contributed by atoms with Gasteiger partial charge in [0.15, 0.2) is 0 Å². The molecule has 2 amide bonds. The molecule has 0 radical (unpaired) electrons. The maximum atomic E-state index is 13.6. The molecule has 36 heavy (non-hydrogen) atoms. The van der Waals surface area contributed by atoms with Gasteiger partial charge in [0.1, 0.15) is 12.4 Å². The molecule has 2 aromatic carbocycles. The third kappa shape index (κ3) is 4.97. The van der Waals surface area contributed by atoms with E-state index in [-0.39, 0.29) is 30.4 Å². The van der Waals surface area contributed by atoms with Crippen molar-refractivity contribution in [3.05, 3.63) is 59.7 Å². The van der Waals surface area contributed by atoms with Crippen molar-refractivity contribution in [1.29, 1.82) is 0 Å². The topological polar surface area (TPSA) is 87.2 Å². The molecule has 2 aliphatic rings. The van der Waals surface area contributed by atoms with Gasteiger partial charge in [-0.15, -0.1) is 0 Å². The van der Waals surface area contributed by atoms with Crippen molar-refractivity contribution in [3.8, 4) is 5.75 Å². The number of carboxylic acid groups (broad SMARTS) is 1. The summed E-state index contributed by atoms with van der Waals surface area (Å²) < 4.78 is 5.65. The van der Waals surface area contributed by atoms with Crippen LogP contribution in [0.3, 0.4) is 0 Å². The van der Waals surface area contributed by atoms with Crippen LogP contribution in [0.15, 0.2) is 48.5 Å². The van der Waals surface area contributed by atoms with E-state index in [1.807, 2.05) is 43.0 Å². The Hall–Kier alpha value is -3.35. The van der Waals surface area contributed by atoms with Gasteiger partial charge in [0.25, 0.3) is 5.91 Å². The summed E-state index contributed by atoms with van der Waals surface area (Å²) in [4.78, 5) is 42.4. The first-order valence-corrected chi connectivity index (χ1v) is 12.8. The summed E-state index contributed by atoms with van der Waals surface area (Å²) >= 11 is 0. The number of benzene rings is 2. The van der Waals surface area contributed by atoms with Crippen molar-refractivity contribution >= 4 is 23.5 Å². The van der Waals surface area contributed by atoms with Gasteiger partial charge in [-0.1, -0.05) is 18.2 Å². The molecule has 1 saturated carbocycles. The zero-order valence-corrected chi connectivity index (χ0v) is 21.6. The number of rotatable bonds is 8. The number of hydrogen-bond donors (Lipinski definition) is 1. The summed E-state index contributed by atoms with van der Waals surface area (Å²) in [5.74, 6) is -0.647. The number of carbonyl (C=O) groups is 3. The van der Waals surface area contributed by atoms with E-state index < -0.39 is 11.4 Å². The Morgan fingerprint density at radius 2 is 1.75 bits per heavy atom. The minimum atomic E-state index is -1.01.